The molecule has 5 rings (SSSR count). The summed E-state index contributed by atoms with van der Waals surface area (Å²) in [4.78, 5) is 38.8. The summed E-state index contributed by atoms with van der Waals surface area (Å²) in [6, 6.07) is 13.7. The minimum atomic E-state index is -0.475. The van der Waals surface area contributed by atoms with Gasteiger partial charge in [-0.25, -0.2) is 9.78 Å². The van der Waals surface area contributed by atoms with Gasteiger partial charge in [0.05, 0.1) is 38.3 Å². The van der Waals surface area contributed by atoms with Crippen molar-refractivity contribution in [1.29, 1.82) is 0 Å². The number of nitrogen functional groups attached to an aromatic ring is 4. The number of esters is 1. The number of methoxy groups -OCH3 is 1. The van der Waals surface area contributed by atoms with E-state index in [1.54, 1.807) is 36.7 Å². The Morgan fingerprint density at radius 3 is 1.93 bits per heavy atom. The summed E-state index contributed by atoms with van der Waals surface area (Å²) in [5, 5.41) is 8.54. The Bertz CT molecular complexity index is 1460. The molecule has 0 aliphatic carbocycles. The number of anilines is 4. The van der Waals surface area contributed by atoms with Gasteiger partial charge in [-0.15, -0.1) is 0 Å². The molecule has 0 amide bonds. The van der Waals surface area contributed by atoms with Crippen LogP contribution in [0.2, 0.25) is 0 Å². The predicted molar refractivity (Wildman–Crippen MR) is 168 cm³/mol. The zero-order valence-corrected chi connectivity index (χ0v) is 24.7. The molecule has 234 valence electrons. The summed E-state index contributed by atoms with van der Waals surface area (Å²) in [7, 11) is 1.30. The second-order valence-electron chi connectivity index (χ2n) is 9.31. The molecule has 0 radical (unpaired) electrons. The minimum absolute atomic E-state index is 0.0506. The van der Waals surface area contributed by atoms with Gasteiger partial charge in [0.25, 0.3) is 0 Å². The molecule has 0 spiro atoms. The van der Waals surface area contributed by atoms with Crippen molar-refractivity contribution >= 4 is 35.0 Å². The van der Waals surface area contributed by atoms with Gasteiger partial charge < -0.3 is 37.5 Å². The van der Waals surface area contributed by atoms with Crippen LogP contribution in [0.3, 0.4) is 0 Å². The number of aliphatic hydroxyl groups excluding tert-OH is 1. The second kappa shape index (κ2) is 19.1. The number of rotatable bonds is 5. The van der Waals surface area contributed by atoms with Crippen LogP contribution in [0, 0.1) is 0 Å². The van der Waals surface area contributed by atoms with Gasteiger partial charge in [-0.1, -0.05) is 0 Å². The number of carbonyl (C=O) groups is 2. The maximum absolute atomic E-state index is 10.8. The molecule has 9 N–H and O–H groups in total. The Kier molecular flexibility index (Phi) is 15.2. The standard InChI is InChI=1S/C11H17N3O.C7H8N2O2.C6H8N2O.C6H6N2O/c1-9-8-15-5-4-14(9)7-11-6-10(12)2-3-13-11;1-11-7(10)6-4-5(8)2-3-9-6;2*7-5-1-2-8-6(3-5)4-9/h2-3,6,9H,4-5,7-8H2,1H3,(H2,12,13);2-4H,1H3,(H2,8,9);1-3,9H,4H2,(H2,7,8);1-4H,(H2,7,8)/t9-;;;/m0.../s1. The first kappa shape index (κ1) is 35.0. The Balaban J connectivity index is 0.000000210. The molecule has 1 saturated heterocycles. The van der Waals surface area contributed by atoms with Gasteiger partial charge in [-0.3, -0.25) is 24.6 Å². The van der Waals surface area contributed by atoms with E-state index in [0.717, 1.165) is 37.7 Å². The predicted octanol–water partition coefficient (Wildman–Crippen LogP) is 1.97. The third kappa shape index (κ3) is 13.2. The van der Waals surface area contributed by atoms with E-state index in [1.165, 1.54) is 31.6 Å². The molecule has 0 bridgehead atoms. The summed E-state index contributed by atoms with van der Waals surface area (Å²) in [6.45, 7) is 5.57. The van der Waals surface area contributed by atoms with Crippen LogP contribution >= 0.6 is 0 Å². The molecule has 5 heterocycles. The molecule has 14 heteroatoms. The zero-order valence-electron chi connectivity index (χ0n) is 24.7. The van der Waals surface area contributed by atoms with E-state index in [9.17, 15) is 9.59 Å². The molecule has 0 saturated carbocycles. The topological polar surface area (TPSA) is 232 Å². The first-order valence-electron chi connectivity index (χ1n) is 13.4. The highest BCUT2D eigenvalue weighted by atomic mass is 16.5. The molecule has 0 unspecified atom stereocenters. The number of aldehydes is 1. The lowest BCUT2D eigenvalue weighted by molar-refractivity contribution is -0.00489. The lowest BCUT2D eigenvalue weighted by atomic mass is 10.2. The summed E-state index contributed by atoms with van der Waals surface area (Å²) in [5.41, 5.74) is 26.5. The first-order chi connectivity index (χ1) is 21.1. The number of ether oxygens (including phenoxy) is 2. The van der Waals surface area contributed by atoms with E-state index in [0.29, 0.717) is 40.8 Å². The van der Waals surface area contributed by atoms with Crippen LogP contribution in [0.25, 0.3) is 0 Å². The highest BCUT2D eigenvalue weighted by Gasteiger charge is 2.19. The SMILES string of the molecule is COC(=O)c1cc(N)ccn1.C[C@H]1COCCN1Cc1cc(N)ccn1.Nc1ccnc(C=O)c1.Nc1ccnc(CO)c1. The fraction of sp³-hybridized carbons (Fsp3) is 0.267. The Morgan fingerprint density at radius 2 is 1.45 bits per heavy atom. The number of nitrogens with two attached hydrogens (primary N) is 4. The van der Waals surface area contributed by atoms with Crippen LogP contribution in [0.1, 0.15) is 39.3 Å². The van der Waals surface area contributed by atoms with Crippen LogP contribution in [-0.4, -0.2) is 75.1 Å². The van der Waals surface area contributed by atoms with Gasteiger partial charge in [0.15, 0.2) is 6.29 Å². The van der Waals surface area contributed by atoms with Gasteiger partial charge >= 0.3 is 5.97 Å². The van der Waals surface area contributed by atoms with Gasteiger partial charge in [0.2, 0.25) is 0 Å². The quantitative estimate of drug-likeness (QED) is 0.162. The van der Waals surface area contributed by atoms with Crippen LogP contribution < -0.4 is 22.9 Å². The van der Waals surface area contributed by atoms with E-state index < -0.39 is 5.97 Å². The van der Waals surface area contributed by atoms with Gasteiger partial charge in [0, 0.05) is 66.7 Å². The molecule has 4 aromatic rings. The summed E-state index contributed by atoms with van der Waals surface area (Å²) >= 11 is 0. The molecule has 1 aliphatic rings. The molecular weight excluding hydrogens is 566 g/mol. The number of nitrogens with zero attached hydrogens (tertiary/aromatic N) is 5. The Labute approximate surface area is 256 Å². The maximum atomic E-state index is 10.8. The number of aromatic nitrogens is 4. The highest BCUT2D eigenvalue weighted by Crippen LogP contribution is 2.12. The Hall–Kier alpha value is -5.18. The number of hydrogen-bond acceptors (Lipinski definition) is 14. The molecule has 4 aromatic heterocycles. The summed E-state index contributed by atoms with van der Waals surface area (Å²) in [6.07, 6.45) is 6.95. The van der Waals surface area contributed by atoms with Crippen molar-refractivity contribution in [3.63, 3.8) is 0 Å². The van der Waals surface area contributed by atoms with Crippen LogP contribution in [-0.2, 0) is 22.6 Å². The molecule has 1 atom stereocenters. The lowest BCUT2D eigenvalue weighted by Gasteiger charge is -2.32. The van der Waals surface area contributed by atoms with E-state index >= 15 is 0 Å². The van der Waals surface area contributed by atoms with Crippen LogP contribution in [0.4, 0.5) is 22.7 Å². The monoisotopic (exact) mass is 605 g/mol. The fourth-order valence-corrected chi connectivity index (χ4v) is 3.56. The van der Waals surface area contributed by atoms with Crippen molar-refractivity contribution in [3.8, 4) is 0 Å². The summed E-state index contributed by atoms with van der Waals surface area (Å²) < 4.78 is 9.82. The maximum Gasteiger partial charge on any atom is 0.356 e. The van der Waals surface area contributed by atoms with Crippen molar-refractivity contribution in [1.82, 2.24) is 24.8 Å². The number of carbonyl (C=O) groups excluding carboxylic acids is 2. The zero-order chi connectivity index (χ0) is 32.3. The van der Waals surface area contributed by atoms with E-state index in [1.807, 2.05) is 12.1 Å². The van der Waals surface area contributed by atoms with Crippen molar-refractivity contribution in [2.75, 3.05) is 49.8 Å². The van der Waals surface area contributed by atoms with Crippen LogP contribution in [0.5, 0.6) is 0 Å². The third-order valence-corrected chi connectivity index (χ3v) is 5.82. The molecule has 14 nitrogen and oxygen atoms in total. The van der Waals surface area contributed by atoms with E-state index in [-0.39, 0.29) is 12.3 Å². The largest absolute Gasteiger partial charge is 0.464 e. The second-order valence-corrected chi connectivity index (χ2v) is 9.31. The molecule has 1 aliphatic heterocycles. The number of pyridine rings is 4. The molecule has 1 fully saturated rings. The van der Waals surface area contributed by atoms with Gasteiger partial charge in [-0.2, -0.15) is 0 Å². The molecular formula is C30H39N9O5. The molecule has 0 aromatic carbocycles. The highest BCUT2D eigenvalue weighted by molar-refractivity contribution is 5.87. The fourth-order valence-electron chi connectivity index (χ4n) is 3.56. The number of morpholine rings is 1. The average Bonchev–Trinajstić information content (AvgIpc) is 3.03. The van der Waals surface area contributed by atoms with Gasteiger partial charge in [0.1, 0.15) is 11.4 Å². The van der Waals surface area contributed by atoms with E-state index in [4.69, 9.17) is 32.8 Å². The van der Waals surface area contributed by atoms with Crippen molar-refractivity contribution in [3.05, 3.63) is 96.1 Å². The van der Waals surface area contributed by atoms with Crippen molar-refractivity contribution < 1.29 is 24.2 Å². The van der Waals surface area contributed by atoms with Gasteiger partial charge in [-0.05, 0) is 55.5 Å². The average molecular weight is 606 g/mol. The number of aliphatic hydroxyl groups is 1. The van der Waals surface area contributed by atoms with Crippen molar-refractivity contribution in [2.45, 2.75) is 26.1 Å². The van der Waals surface area contributed by atoms with Crippen molar-refractivity contribution in [2.24, 2.45) is 0 Å². The lowest BCUT2D eigenvalue weighted by Crippen LogP contribution is -2.43. The smallest absolute Gasteiger partial charge is 0.356 e. The van der Waals surface area contributed by atoms with E-state index in [2.05, 4.69) is 36.5 Å². The minimum Gasteiger partial charge on any atom is -0.464 e. The Morgan fingerprint density at radius 1 is 0.909 bits per heavy atom. The first-order valence-corrected chi connectivity index (χ1v) is 13.4. The molecule has 44 heavy (non-hydrogen) atoms. The third-order valence-electron chi connectivity index (χ3n) is 5.82. The number of hydrogen-bond donors (Lipinski definition) is 5. The normalized spacial score (nSPS) is 13.8. The summed E-state index contributed by atoms with van der Waals surface area (Å²) in [5.74, 6) is -0.475. The van der Waals surface area contributed by atoms with Crippen LogP contribution in [0.15, 0.2) is 73.3 Å².